The van der Waals surface area contributed by atoms with Crippen molar-refractivity contribution in [2.24, 2.45) is 0 Å². The standard InChI is InChI=1S/C11H12F3NO5/c1-3-19-8(16)5-6-4-7(20-11(12,13)14)15-10(17)9(6)18-2/h4H,3,5H2,1-2H3,(H,15,17). The van der Waals surface area contributed by atoms with Crippen LogP contribution in [-0.4, -0.2) is 31.0 Å². The number of nitrogens with one attached hydrogen (secondary N) is 1. The van der Waals surface area contributed by atoms with Crippen molar-refractivity contribution >= 4 is 5.97 Å². The molecule has 0 radical (unpaired) electrons. The number of carbonyl (C=O) groups excluding carboxylic acids is 1. The van der Waals surface area contributed by atoms with Crippen LogP contribution < -0.4 is 15.0 Å². The second-order valence-corrected chi connectivity index (χ2v) is 3.55. The minimum Gasteiger partial charge on any atom is -0.491 e. The van der Waals surface area contributed by atoms with Gasteiger partial charge in [-0.3, -0.25) is 14.6 Å². The molecule has 1 aromatic rings. The van der Waals surface area contributed by atoms with Crippen LogP contribution in [0.2, 0.25) is 0 Å². The van der Waals surface area contributed by atoms with Gasteiger partial charge >= 0.3 is 12.3 Å². The molecule has 0 saturated carbocycles. The third-order valence-corrected chi connectivity index (χ3v) is 2.11. The molecule has 1 aromatic heterocycles. The van der Waals surface area contributed by atoms with Crippen LogP contribution in [0.3, 0.4) is 0 Å². The van der Waals surface area contributed by atoms with E-state index >= 15 is 0 Å². The summed E-state index contributed by atoms with van der Waals surface area (Å²) in [6.45, 7) is 1.68. The van der Waals surface area contributed by atoms with Gasteiger partial charge in [-0.1, -0.05) is 0 Å². The minimum absolute atomic E-state index is 0.0612. The molecule has 0 spiro atoms. The fraction of sp³-hybridized carbons (Fsp3) is 0.455. The molecule has 0 unspecified atom stereocenters. The summed E-state index contributed by atoms with van der Waals surface area (Å²) in [4.78, 5) is 24.7. The van der Waals surface area contributed by atoms with Gasteiger partial charge in [0.1, 0.15) is 0 Å². The average molecular weight is 295 g/mol. The Labute approximate surface area is 111 Å². The summed E-state index contributed by atoms with van der Waals surface area (Å²) in [6, 6.07) is 0.866. The number of methoxy groups -OCH3 is 1. The Balaban J connectivity index is 3.12. The molecule has 9 heteroatoms. The maximum Gasteiger partial charge on any atom is 0.574 e. The van der Waals surface area contributed by atoms with E-state index in [2.05, 4.69) is 9.47 Å². The van der Waals surface area contributed by atoms with Crippen molar-refractivity contribution in [3.05, 3.63) is 22.0 Å². The lowest BCUT2D eigenvalue weighted by Crippen LogP contribution is -2.22. The van der Waals surface area contributed by atoms with Crippen molar-refractivity contribution in [1.29, 1.82) is 0 Å². The average Bonchev–Trinajstić information content (AvgIpc) is 2.26. The Morgan fingerprint density at radius 3 is 2.55 bits per heavy atom. The van der Waals surface area contributed by atoms with E-state index < -0.39 is 30.2 Å². The monoisotopic (exact) mass is 295 g/mol. The fourth-order valence-electron chi connectivity index (χ4n) is 1.48. The summed E-state index contributed by atoms with van der Waals surface area (Å²) < 4.78 is 49.3. The number of carbonyl (C=O) groups is 1. The van der Waals surface area contributed by atoms with Crippen LogP contribution in [0.25, 0.3) is 0 Å². The molecule has 0 saturated heterocycles. The predicted molar refractivity (Wildman–Crippen MR) is 60.6 cm³/mol. The van der Waals surface area contributed by atoms with E-state index in [0.717, 1.165) is 13.2 Å². The third-order valence-electron chi connectivity index (χ3n) is 2.11. The number of pyridine rings is 1. The second kappa shape index (κ2) is 6.31. The summed E-state index contributed by atoms with van der Waals surface area (Å²) in [5.41, 5.74) is -0.998. The topological polar surface area (TPSA) is 77.6 Å². The number of H-pyrrole nitrogens is 1. The van der Waals surface area contributed by atoms with Gasteiger partial charge in [-0.15, -0.1) is 13.2 Å². The molecule has 0 aliphatic heterocycles. The molecule has 1 N–H and O–H groups in total. The van der Waals surface area contributed by atoms with Gasteiger partial charge in [-0.25, -0.2) is 0 Å². The number of alkyl halides is 3. The Bertz CT molecular complexity index is 538. The van der Waals surface area contributed by atoms with E-state index in [1.54, 1.807) is 6.92 Å². The Hall–Kier alpha value is -2.19. The summed E-state index contributed by atoms with van der Waals surface area (Å²) >= 11 is 0. The summed E-state index contributed by atoms with van der Waals surface area (Å²) in [7, 11) is 1.16. The zero-order valence-corrected chi connectivity index (χ0v) is 10.7. The van der Waals surface area contributed by atoms with Gasteiger partial charge in [-0.2, -0.15) is 0 Å². The maximum absolute atomic E-state index is 12.1. The zero-order valence-electron chi connectivity index (χ0n) is 10.7. The maximum atomic E-state index is 12.1. The van der Waals surface area contributed by atoms with Gasteiger partial charge in [-0.05, 0) is 6.92 Å². The Kier molecular flexibility index (Phi) is 5.00. The molecule has 112 valence electrons. The van der Waals surface area contributed by atoms with E-state index in [9.17, 15) is 22.8 Å². The van der Waals surface area contributed by atoms with Crippen LogP contribution in [0.15, 0.2) is 10.9 Å². The molecule has 0 bridgehead atoms. The lowest BCUT2D eigenvalue weighted by atomic mass is 10.2. The minimum atomic E-state index is -4.96. The molecule has 1 heterocycles. The smallest absolute Gasteiger partial charge is 0.491 e. The third kappa shape index (κ3) is 4.48. The number of rotatable bonds is 5. The van der Waals surface area contributed by atoms with Gasteiger partial charge in [0.15, 0.2) is 5.75 Å². The van der Waals surface area contributed by atoms with Crippen LogP contribution in [0, 0.1) is 0 Å². The number of aromatic nitrogens is 1. The summed E-state index contributed by atoms with van der Waals surface area (Å²) in [5, 5.41) is 0. The molecule has 0 aliphatic rings. The molecule has 1 rings (SSSR count). The van der Waals surface area contributed by atoms with Crippen LogP contribution in [0.4, 0.5) is 13.2 Å². The number of esters is 1. The van der Waals surface area contributed by atoms with Gasteiger partial charge < -0.3 is 14.2 Å². The first-order chi connectivity index (χ1) is 9.26. The van der Waals surface area contributed by atoms with Crippen molar-refractivity contribution in [2.75, 3.05) is 13.7 Å². The van der Waals surface area contributed by atoms with E-state index in [1.807, 2.05) is 4.98 Å². The largest absolute Gasteiger partial charge is 0.574 e. The lowest BCUT2D eigenvalue weighted by molar-refractivity contribution is -0.276. The highest BCUT2D eigenvalue weighted by molar-refractivity contribution is 5.73. The normalized spacial score (nSPS) is 11.1. The number of hydrogen-bond donors (Lipinski definition) is 1. The SMILES string of the molecule is CCOC(=O)Cc1cc(OC(F)(F)F)[nH]c(=O)c1OC. The van der Waals surface area contributed by atoms with Gasteiger partial charge in [0, 0.05) is 11.6 Å². The van der Waals surface area contributed by atoms with Crippen molar-refractivity contribution in [3.8, 4) is 11.6 Å². The first-order valence-corrected chi connectivity index (χ1v) is 5.48. The molecule has 6 nitrogen and oxygen atoms in total. The zero-order chi connectivity index (χ0) is 15.3. The molecule has 0 fully saturated rings. The van der Waals surface area contributed by atoms with Gasteiger partial charge in [0.05, 0.1) is 20.1 Å². The first kappa shape index (κ1) is 15.9. The molecule has 20 heavy (non-hydrogen) atoms. The highest BCUT2D eigenvalue weighted by Gasteiger charge is 2.32. The van der Waals surface area contributed by atoms with Crippen molar-refractivity contribution < 1.29 is 32.2 Å². The van der Waals surface area contributed by atoms with Crippen LogP contribution in [0.1, 0.15) is 12.5 Å². The van der Waals surface area contributed by atoms with E-state index in [0.29, 0.717) is 0 Å². The summed E-state index contributed by atoms with van der Waals surface area (Å²) in [5.74, 6) is -1.80. The lowest BCUT2D eigenvalue weighted by Gasteiger charge is -2.12. The van der Waals surface area contributed by atoms with Crippen molar-refractivity contribution in [2.45, 2.75) is 19.7 Å². The van der Waals surface area contributed by atoms with Crippen LogP contribution in [-0.2, 0) is 16.0 Å². The van der Waals surface area contributed by atoms with E-state index in [-0.39, 0.29) is 17.9 Å². The van der Waals surface area contributed by atoms with E-state index in [4.69, 9.17) is 4.74 Å². The molecular weight excluding hydrogens is 283 g/mol. The molecule has 0 aromatic carbocycles. The first-order valence-electron chi connectivity index (χ1n) is 5.48. The van der Waals surface area contributed by atoms with Crippen LogP contribution >= 0.6 is 0 Å². The predicted octanol–water partition coefficient (Wildman–Crippen LogP) is 1.39. The number of ether oxygens (including phenoxy) is 3. The Morgan fingerprint density at radius 2 is 2.05 bits per heavy atom. The molecular formula is C11H12F3NO5. The second-order valence-electron chi connectivity index (χ2n) is 3.55. The number of aromatic amines is 1. The van der Waals surface area contributed by atoms with Gasteiger partial charge in [0.2, 0.25) is 5.88 Å². The highest BCUT2D eigenvalue weighted by Crippen LogP contribution is 2.24. The van der Waals surface area contributed by atoms with Crippen molar-refractivity contribution in [1.82, 2.24) is 4.98 Å². The van der Waals surface area contributed by atoms with Gasteiger partial charge in [0.25, 0.3) is 5.56 Å². The number of halogens is 3. The fourth-order valence-corrected chi connectivity index (χ4v) is 1.48. The van der Waals surface area contributed by atoms with Crippen LogP contribution in [0.5, 0.6) is 11.6 Å². The van der Waals surface area contributed by atoms with E-state index in [1.165, 1.54) is 0 Å². The van der Waals surface area contributed by atoms with Crippen molar-refractivity contribution in [3.63, 3.8) is 0 Å². The Morgan fingerprint density at radius 1 is 1.40 bits per heavy atom. The number of hydrogen-bond acceptors (Lipinski definition) is 5. The quantitative estimate of drug-likeness (QED) is 0.831. The summed E-state index contributed by atoms with van der Waals surface area (Å²) in [6.07, 6.45) is -5.37. The molecule has 0 aliphatic carbocycles. The molecule has 0 atom stereocenters. The molecule has 0 amide bonds. The highest BCUT2D eigenvalue weighted by atomic mass is 19.4.